The average Bonchev–Trinajstić information content (AvgIpc) is 2.66. The van der Waals surface area contributed by atoms with E-state index in [-0.39, 0.29) is 5.69 Å². The molecule has 8 nitrogen and oxygen atoms in total. The third-order valence-electron chi connectivity index (χ3n) is 3.88. The molecule has 0 aromatic heterocycles. The van der Waals surface area contributed by atoms with Gasteiger partial charge in [0.25, 0.3) is 5.69 Å². The lowest BCUT2D eigenvalue weighted by Crippen LogP contribution is -2.08. The maximum Gasteiger partial charge on any atom is 0.296 e. The number of ether oxygens (including phenoxy) is 4. The lowest BCUT2D eigenvalue weighted by Gasteiger charge is -2.13. The summed E-state index contributed by atoms with van der Waals surface area (Å²) in [5, 5.41) is 14.4. The highest BCUT2D eigenvalue weighted by molar-refractivity contribution is 5.68. The highest BCUT2D eigenvalue weighted by Gasteiger charge is 2.19. The van der Waals surface area contributed by atoms with Crippen LogP contribution < -0.4 is 24.3 Å². The molecule has 0 unspecified atom stereocenters. The molecule has 2 aromatic carbocycles. The van der Waals surface area contributed by atoms with Crippen LogP contribution in [0.5, 0.6) is 23.0 Å². The van der Waals surface area contributed by atoms with Crippen LogP contribution in [0.4, 0.5) is 11.4 Å². The van der Waals surface area contributed by atoms with Crippen LogP contribution in [-0.2, 0) is 6.42 Å². The topological polar surface area (TPSA) is 92.1 Å². The zero-order valence-corrected chi connectivity index (χ0v) is 15.2. The summed E-state index contributed by atoms with van der Waals surface area (Å²) in [6, 6.07) is 8.53. The highest BCUT2D eigenvalue weighted by Crippen LogP contribution is 2.37. The predicted octanol–water partition coefficient (Wildman–Crippen LogP) is 3.28. The van der Waals surface area contributed by atoms with E-state index in [2.05, 4.69) is 5.32 Å². The number of nitrogens with zero attached hydrogens (tertiary/aromatic N) is 1. The lowest BCUT2D eigenvalue weighted by molar-refractivity contribution is -0.384. The molecular weight excluding hydrogens is 340 g/mol. The van der Waals surface area contributed by atoms with Gasteiger partial charge in [-0.15, -0.1) is 0 Å². The smallest absolute Gasteiger partial charge is 0.296 e. The number of benzene rings is 2. The van der Waals surface area contributed by atoms with Crippen molar-refractivity contribution in [3.63, 3.8) is 0 Å². The fourth-order valence-corrected chi connectivity index (χ4v) is 2.54. The molecule has 0 atom stereocenters. The molecule has 0 heterocycles. The molecule has 2 aromatic rings. The Morgan fingerprint density at radius 1 is 0.885 bits per heavy atom. The summed E-state index contributed by atoms with van der Waals surface area (Å²) in [5.74, 6) is 2.03. The molecule has 26 heavy (non-hydrogen) atoms. The Hall–Kier alpha value is -3.16. The van der Waals surface area contributed by atoms with E-state index in [4.69, 9.17) is 18.9 Å². The van der Waals surface area contributed by atoms with E-state index in [1.807, 2.05) is 18.2 Å². The molecule has 0 saturated carbocycles. The standard InChI is InChI=1S/C18H22N2O6/c1-23-15-6-5-12(9-16(15)24-2)7-8-19-13-10-17(25-3)18(26-4)11-14(13)20(21)22/h5-6,9-11,19H,7-8H2,1-4H3. The van der Waals surface area contributed by atoms with Gasteiger partial charge in [0.1, 0.15) is 5.69 Å². The number of nitro groups is 1. The van der Waals surface area contributed by atoms with E-state index in [0.717, 1.165) is 5.56 Å². The third-order valence-corrected chi connectivity index (χ3v) is 3.88. The Morgan fingerprint density at radius 3 is 2.04 bits per heavy atom. The molecule has 0 aliphatic heterocycles. The van der Waals surface area contributed by atoms with Gasteiger partial charge >= 0.3 is 0 Å². The van der Waals surface area contributed by atoms with Crippen molar-refractivity contribution in [1.82, 2.24) is 0 Å². The summed E-state index contributed by atoms with van der Waals surface area (Å²) in [6.07, 6.45) is 0.645. The second-order valence-corrected chi connectivity index (χ2v) is 5.35. The first-order valence-corrected chi connectivity index (χ1v) is 7.89. The van der Waals surface area contributed by atoms with Gasteiger partial charge in [0, 0.05) is 12.6 Å². The number of anilines is 1. The molecule has 140 valence electrons. The number of rotatable bonds is 9. The zero-order valence-electron chi connectivity index (χ0n) is 15.2. The van der Waals surface area contributed by atoms with Crippen LogP contribution >= 0.6 is 0 Å². The van der Waals surface area contributed by atoms with E-state index < -0.39 is 4.92 Å². The van der Waals surface area contributed by atoms with Crippen molar-refractivity contribution in [3.05, 3.63) is 46.0 Å². The maximum atomic E-state index is 11.3. The Kier molecular flexibility index (Phi) is 6.48. The van der Waals surface area contributed by atoms with Crippen molar-refractivity contribution >= 4 is 11.4 Å². The molecule has 0 fully saturated rings. The Labute approximate surface area is 151 Å². The minimum Gasteiger partial charge on any atom is -0.493 e. The largest absolute Gasteiger partial charge is 0.493 e. The summed E-state index contributed by atoms with van der Waals surface area (Å²) >= 11 is 0. The van der Waals surface area contributed by atoms with Crippen LogP contribution in [0.15, 0.2) is 30.3 Å². The number of hydrogen-bond donors (Lipinski definition) is 1. The van der Waals surface area contributed by atoms with Crippen LogP contribution in [0, 0.1) is 10.1 Å². The first-order chi connectivity index (χ1) is 12.5. The Morgan fingerprint density at radius 2 is 1.46 bits per heavy atom. The van der Waals surface area contributed by atoms with Gasteiger partial charge in [0.15, 0.2) is 23.0 Å². The van der Waals surface area contributed by atoms with E-state index >= 15 is 0 Å². The predicted molar refractivity (Wildman–Crippen MR) is 97.9 cm³/mol. The van der Waals surface area contributed by atoms with Crippen LogP contribution in [0.1, 0.15) is 5.56 Å². The highest BCUT2D eigenvalue weighted by atomic mass is 16.6. The molecule has 0 radical (unpaired) electrons. The molecule has 0 aliphatic carbocycles. The third kappa shape index (κ3) is 4.27. The SMILES string of the molecule is COc1ccc(CCNc2cc(OC)c(OC)cc2[N+](=O)[O-])cc1OC. The zero-order chi connectivity index (χ0) is 19.1. The summed E-state index contributed by atoms with van der Waals surface area (Å²) in [6.45, 7) is 0.492. The fourth-order valence-electron chi connectivity index (χ4n) is 2.54. The van der Waals surface area contributed by atoms with Crippen molar-refractivity contribution in [2.75, 3.05) is 40.3 Å². The van der Waals surface area contributed by atoms with Gasteiger partial charge in [-0.05, 0) is 24.1 Å². The Balaban J connectivity index is 2.15. The molecule has 1 N–H and O–H groups in total. The van der Waals surface area contributed by atoms with Gasteiger partial charge in [-0.2, -0.15) is 0 Å². The van der Waals surface area contributed by atoms with Crippen molar-refractivity contribution in [3.8, 4) is 23.0 Å². The second kappa shape index (κ2) is 8.80. The van der Waals surface area contributed by atoms with Crippen LogP contribution in [0.25, 0.3) is 0 Å². The monoisotopic (exact) mass is 362 g/mol. The van der Waals surface area contributed by atoms with Gasteiger partial charge in [-0.25, -0.2) is 0 Å². The fraction of sp³-hybridized carbons (Fsp3) is 0.333. The molecule has 0 spiro atoms. The van der Waals surface area contributed by atoms with Crippen LogP contribution in [0.3, 0.4) is 0 Å². The van der Waals surface area contributed by atoms with Crippen LogP contribution in [0.2, 0.25) is 0 Å². The molecule has 2 rings (SSSR count). The van der Waals surface area contributed by atoms with Crippen molar-refractivity contribution in [2.24, 2.45) is 0 Å². The van der Waals surface area contributed by atoms with Gasteiger partial charge in [0.2, 0.25) is 0 Å². The summed E-state index contributed by atoms with van der Waals surface area (Å²) in [4.78, 5) is 10.9. The van der Waals surface area contributed by atoms with Gasteiger partial charge in [-0.3, -0.25) is 10.1 Å². The maximum absolute atomic E-state index is 11.3. The number of methoxy groups -OCH3 is 4. The summed E-state index contributed by atoms with van der Waals surface area (Å²) in [7, 11) is 6.07. The number of nitrogens with one attached hydrogen (secondary N) is 1. The average molecular weight is 362 g/mol. The number of nitro benzene ring substituents is 1. The van der Waals surface area contributed by atoms with Crippen molar-refractivity contribution in [2.45, 2.75) is 6.42 Å². The van der Waals surface area contributed by atoms with E-state index in [9.17, 15) is 10.1 Å². The molecule has 0 aliphatic rings. The summed E-state index contributed by atoms with van der Waals surface area (Å²) in [5.41, 5.74) is 1.31. The first-order valence-electron chi connectivity index (χ1n) is 7.89. The van der Waals surface area contributed by atoms with Gasteiger partial charge in [0.05, 0.1) is 39.4 Å². The van der Waals surface area contributed by atoms with Crippen molar-refractivity contribution < 1.29 is 23.9 Å². The van der Waals surface area contributed by atoms with E-state index in [1.165, 1.54) is 20.3 Å². The molecule has 8 heteroatoms. The van der Waals surface area contributed by atoms with Gasteiger partial charge in [-0.1, -0.05) is 6.07 Å². The summed E-state index contributed by atoms with van der Waals surface area (Å²) < 4.78 is 20.8. The van der Waals surface area contributed by atoms with E-state index in [1.54, 1.807) is 20.3 Å². The first kappa shape index (κ1) is 19.2. The minimum atomic E-state index is -0.458. The Bertz CT molecular complexity index is 779. The molecular formula is C18H22N2O6. The van der Waals surface area contributed by atoms with Crippen molar-refractivity contribution in [1.29, 1.82) is 0 Å². The minimum absolute atomic E-state index is 0.0741. The van der Waals surface area contributed by atoms with Gasteiger partial charge < -0.3 is 24.3 Å². The van der Waals surface area contributed by atoms with Crippen LogP contribution in [-0.4, -0.2) is 39.9 Å². The quantitative estimate of drug-likeness (QED) is 0.540. The normalized spacial score (nSPS) is 10.2. The lowest BCUT2D eigenvalue weighted by atomic mass is 10.1. The number of hydrogen-bond acceptors (Lipinski definition) is 7. The van der Waals surface area contributed by atoms with E-state index in [0.29, 0.717) is 41.7 Å². The molecule has 0 saturated heterocycles. The molecule has 0 amide bonds. The second-order valence-electron chi connectivity index (χ2n) is 5.35. The molecule has 0 bridgehead atoms.